The summed E-state index contributed by atoms with van der Waals surface area (Å²) in [5.41, 5.74) is 1.86. The zero-order valence-corrected chi connectivity index (χ0v) is 10.7. The molecule has 0 spiro atoms. The summed E-state index contributed by atoms with van der Waals surface area (Å²) in [6.07, 6.45) is 0. The van der Waals surface area contributed by atoms with Gasteiger partial charge in [-0.25, -0.2) is 4.39 Å². The molecule has 0 amide bonds. The molecule has 0 fully saturated rings. The molecule has 0 aliphatic rings. The van der Waals surface area contributed by atoms with Crippen LogP contribution in [0.25, 0.3) is 22.6 Å². The summed E-state index contributed by atoms with van der Waals surface area (Å²) in [6, 6.07) is 16.0. The number of oxazole rings is 1. The molecule has 0 radical (unpaired) electrons. The lowest BCUT2D eigenvalue weighted by Crippen LogP contribution is -1.86. The molecule has 0 atom stereocenters. The molecule has 94 valence electrons. The number of aromatic amines is 1. The summed E-state index contributed by atoms with van der Waals surface area (Å²) in [7, 11) is 0. The fourth-order valence-corrected chi connectivity index (χ4v) is 2.16. The molecule has 3 aromatic rings. The van der Waals surface area contributed by atoms with Crippen molar-refractivity contribution in [2.75, 3.05) is 0 Å². The quantitative estimate of drug-likeness (QED) is 0.677. The molecule has 0 unspecified atom stereocenters. The summed E-state index contributed by atoms with van der Waals surface area (Å²) in [6.45, 7) is 0. The summed E-state index contributed by atoms with van der Waals surface area (Å²) >= 11 is 5.02. The third-order valence-electron chi connectivity index (χ3n) is 2.83. The predicted molar refractivity (Wildman–Crippen MR) is 74.7 cm³/mol. The molecule has 19 heavy (non-hydrogen) atoms. The molecule has 0 saturated heterocycles. The Kier molecular flexibility index (Phi) is 3.01. The van der Waals surface area contributed by atoms with Crippen molar-refractivity contribution >= 4 is 12.2 Å². The normalized spacial score (nSPS) is 10.6. The average Bonchev–Trinajstić information content (AvgIpc) is 2.82. The Hall–Kier alpha value is -2.20. The van der Waals surface area contributed by atoms with Crippen molar-refractivity contribution in [3.8, 4) is 22.6 Å². The second-order valence-electron chi connectivity index (χ2n) is 4.06. The highest BCUT2D eigenvalue weighted by Gasteiger charge is 2.15. The second kappa shape index (κ2) is 4.82. The number of hydrogen-bond donors (Lipinski definition) is 1. The number of aromatic nitrogens is 1. The van der Waals surface area contributed by atoms with Crippen LogP contribution in [0.1, 0.15) is 0 Å². The molecule has 2 nitrogen and oxygen atoms in total. The molecular weight excluding hydrogens is 261 g/mol. The average molecular weight is 271 g/mol. The van der Waals surface area contributed by atoms with Crippen LogP contribution in [-0.4, -0.2) is 4.98 Å². The Morgan fingerprint density at radius 2 is 1.63 bits per heavy atom. The van der Waals surface area contributed by atoms with E-state index in [1.54, 1.807) is 18.2 Å². The molecular formula is C15H10FNOS. The molecule has 0 aliphatic carbocycles. The van der Waals surface area contributed by atoms with Gasteiger partial charge in [-0.05, 0) is 24.4 Å². The van der Waals surface area contributed by atoms with Crippen LogP contribution in [0.15, 0.2) is 59.0 Å². The Bertz CT molecular complexity index is 761. The van der Waals surface area contributed by atoms with E-state index in [2.05, 4.69) is 4.98 Å². The second-order valence-corrected chi connectivity index (χ2v) is 4.44. The SMILES string of the molecule is Fc1ccccc1-c1[nH]c(=S)oc1-c1ccccc1. The van der Waals surface area contributed by atoms with Gasteiger partial charge in [-0.2, -0.15) is 0 Å². The third-order valence-corrected chi connectivity index (χ3v) is 3.01. The lowest BCUT2D eigenvalue weighted by molar-refractivity contribution is 0.554. The Morgan fingerprint density at radius 3 is 2.37 bits per heavy atom. The van der Waals surface area contributed by atoms with Crippen molar-refractivity contribution in [1.82, 2.24) is 4.98 Å². The van der Waals surface area contributed by atoms with Gasteiger partial charge in [-0.15, -0.1) is 0 Å². The summed E-state index contributed by atoms with van der Waals surface area (Å²) < 4.78 is 19.4. The zero-order chi connectivity index (χ0) is 13.2. The smallest absolute Gasteiger partial charge is 0.266 e. The van der Waals surface area contributed by atoms with E-state index < -0.39 is 0 Å². The first kappa shape index (κ1) is 11.9. The molecule has 1 N–H and O–H groups in total. The van der Waals surface area contributed by atoms with E-state index in [1.807, 2.05) is 30.3 Å². The molecule has 2 aromatic carbocycles. The third kappa shape index (κ3) is 2.22. The van der Waals surface area contributed by atoms with Gasteiger partial charge in [0, 0.05) is 11.1 Å². The van der Waals surface area contributed by atoms with Crippen LogP contribution >= 0.6 is 12.2 Å². The van der Waals surface area contributed by atoms with Gasteiger partial charge in [-0.3, -0.25) is 0 Å². The van der Waals surface area contributed by atoms with E-state index in [-0.39, 0.29) is 10.7 Å². The summed E-state index contributed by atoms with van der Waals surface area (Å²) in [5.74, 6) is 0.238. The van der Waals surface area contributed by atoms with Crippen molar-refractivity contribution in [3.05, 3.63) is 65.3 Å². The fourth-order valence-electron chi connectivity index (χ4n) is 1.97. The Labute approximate surface area is 114 Å². The van der Waals surface area contributed by atoms with E-state index in [0.717, 1.165) is 5.56 Å². The number of benzene rings is 2. The van der Waals surface area contributed by atoms with Crippen LogP contribution in [0.3, 0.4) is 0 Å². The molecule has 3 rings (SSSR count). The molecule has 0 saturated carbocycles. The highest BCUT2D eigenvalue weighted by atomic mass is 32.1. The lowest BCUT2D eigenvalue weighted by atomic mass is 10.1. The van der Waals surface area contributed by atoms with Crippen molar-refractivity contribution in [2.24, 2.45) is 0 Å². The summed E-state index contributed by atoms with van der Waals surface area (Å²) in [5, 5.41) is 0. The van der Waals surface area contributed by atoms with Crippen LogP contribution in [-0.2, 0) is 0 Å². The van der Waals surface area contributed by atoms with Gasteiger partial charge < -0.3 is 9.40 Å². The van der Waals surface area contributed by atoms with Crippen LogP contribution in [0, 0.1) is 10.7 Å². The maximum atomic E-state index is 13.9. The Morgan fingerprint density at radius 1 is 0.947 bits per heavy atom. The Balaban J connectivity index is 2.24. The van der Waals surface area contributed by atoms with Gasteiger partial charge in [0.2, 0.25) is 0 Å². The van der Waals surface area contributed by atoms with E-state index in [0.29, 0.717) is 17.0 Å². The number of rotatable bonds is 2. The maximum Gasteiger partial charge on any atom is 0.266 e. The molecule has 0 bridgehead atoms. The molecule has 1 heterocycles. The number of hydrogen-bond acceptors (Lipinski definition) is 2. The van der Waals surface area contributed by atoms with Crippen LogP contribution in [0.4, 0.5) is 4.39 Å². The van der Waals surface area contributed by atoms with Crippen molar-refractivity contribution in [1.29, 1.82) is 0 Å². The highest BCUT2D eigenvalue weighted by Crippen LogP contribution is 2.32. The van der Waals surface area contributed by atoms with Crippen LogP contribution in [0.2, 0.25) is 0 Å². The van der Waals surface area contributed by atoms with Gasteiger partial charge in [-0.1, -0.05) is 42.5 Å². The first-order chi connectivity index (χ1) is 9.25. The minimum atomic E-state index is -0.313. The van der Waals surface area contributed by atoms with Gasteiger partial charge in [0.1, 0.15) is 5.82 Å². The highest BCUT2D eigenvalue weighted by molar-refractivity contribution is 7.71. The molecule has 1 aromatic heterocycles. The van der Waals surface area contributed by atoms with Gasteiger partial charge >= 0.3 is 0 Å². The largest absolute Gasteiger partial charge is 0.429 e. The monoisotopic (exact) mass is 271 g/mol. The standard InChI is InChI=1S/C15H10FNOS/c16-12-9-5-4-8-11(12)13-14(18-15(19)17-13)10-6-2-1-3-7-10/h1-9H,(H,17,19). The van der Waals surface area contributed by atoms with Gasteiger partial charge in [0.25, 0.3) is 4.84 Å². The van der Waals surface area contributed by atoms with Crippen molar-refractivity contribution < 1.29 is 8.81 Å². The van der Waals surface area contributed by atoms with E-state index >= 15 is 0 Å². The minimum Gasteiger partial charge on any atom is -0.429 e. The van der Waals surface area contributed by atoms with Crippen LogP contribution < -0.4 is 0 Å². The minimum absolute atomic E-state index is 0.233. The first-order valence-corrected chi connectivity index (χ1v) is 6.20. The van der Waals surface area contributed by atoms with E-state index in [4.69, 9.17) is 16.6 Å². The van der Waals surface area contributed by atoms with Gasteiger partial charge in [0.15, 0.2) is 5.76 Å². The van der Waals surface area contributed by atoms with Gasteiger partial charge in [0.05, 0.1) is 5.69 Å². The number of H-pyrrole nitrogens is 1. The lowest BCUT2D eigenvalue weighted by Gasteiger charge is -2.03. The maximum absolute atomic E-state index is 13.9. The summed E-state index contributed by atoms with van der Waals surface area (Å²) in [4.78, 5) is 3.14. The van der Waals surface area contributed by atoms with Crippen LogP contribution in [0.5, 0.6) is 0 Å². The number of nitrogens with one attached hydrogen (secondary N) is 1. The number of halogens is 1. The zero-order valence-electron chi connectivity index (χ0n) is 9.89. The topological polar surface area (TPSA) is 28.9 Å². The van der Waals surface area contributed by atoms with E-state index in [1.165, 1.54) is 6.07 Å². The fraction of sp³-hybridized carbons (Fsp3) is 0. The predicted octanol–water partition coefficient (Wildman–Crippen LogP) is 4.81. The molecule has 4 heteroatoms. The first-order valence-electron chi connectivity index (χ1n) is 5.79. The van der Waals surface area contributed by atoms with E-state index in [9.17, 15) is 4.39 Å². The molecule has 0 aliphatic heterocycles. The van der Waals surface area contributed by atoms with Crippen molar-refractivity contribution in [2.45, 2.75) is 0 Å². The van der Waals surface area contributed by atoms with Crippen molar-refractivity contribution in [3.63, 3.8) is 0 Å².